The van der Waals surface area contributed by atoms with Gasteiger partial charge in [-0.3, -0.25) is 9.20 Å². The van der Waals surface area contributed by atoms with E-state index in [9.17, 15) is 21.6 Å². The maximum absolute atomic E-state index is 13.1. The first kappa shape index (κ1) is 23.7. The van der Waals surface area contributed by atoms with E-state index in [4.69, 9.17) is 0 Å². The molecule has 0 spiro atoms. The summed E-state index contributed by atoms with van der Waals surface area (Å²) in [6.45, 7) is 0. The van der Waals surface area contributed by atoms with Crippen molar-refractivity contribution >= 4 is 31.4 Å². The highest BCUT2D eigenvalue weighted by atomic mass is 32.2. The van der Waals surface area contributed by atoms with Gasteiger partial charge in [-0.15, -0.1) is 0 Å². The molecule has 0 atom stereocenters. The second-order valence-electron chi connectivity index (χ2n) is 7.81. The van der Waals surface area contributed by atoms with Gasteiger partial charge in [0.05, 0.1) is 20.2 Å². The zero-order valence-electron chi connectivity index (χ0n) is 18.5. The molecule has 11 heteroatoms. The van der Waals surface area contributed by atoms with Crippen molar-refractivity contribution in [3.8, 4) is 0 Å². The second kappa shape index (κ2) is 9.09. The van der Waals surface area contributed by atoms with Crippen LogP contribution in [0, 0.1) is 0 Å². The third-order valence-electron chi connectivity index (χ3n) is 5.34. The van der Waals surface area contributed by atoms with Crippen LogP contribution in [0.2, 0.25) is 0 Å². The van der Waals surface area contributed by atoms with Crippen molar-refractivity contribution in [2.75, 3.05) is 14.1 Å². The van der Waals surface area contributed by atoms with Gasteiger partial charge in [-0.25, -0.2) is 31.1 Å². The lowest BCUT2D eigenvalue weighted by atomic mass is 10.0. The monoisotopic (exact) mass is 498 g/mol. The number of rotatable bonds is 8. The first-order valence-corrected chi connectivity index (χ1v) is 13.2. The minimum atomic E-state index is -3.92. The quantitative estimate of drug-likeness (QED) is 0.343. The van der Waals surface area contributed by atoms with E-state index in [0.29, 0.717) is 17.8 Å². The largest absolute Gasteiger partial charge is 0.294 e. The minimum absolute atomic E-state index is 0.0386. The van der Waals surface area contributed by atoms with Crippen molar-refractivity contribution in [1.82, 2.24) is 18.7 Å². The van der Waals surface area contributed by atoms with Gasteiger partial charge >= 0.3 is 0 Å². The molecule has 176 valence electrons. The van der Waals surface area contributed by atoms with E-state index in [2.05, 4.69) is 9.97 Å². The molecule has 0 radical (unpaired) electrons. The lowest BCUT2D eigenvalue weighted by Gasteiger charge is -2.12. The number of fused-ring (bicyclic) bond motifs is 1. The Kier molecular flexibility index (Phi) is 6.34. The molecule has 34 heavy (non-hydrogen) atoms. The van der Waals surface area contributed by atoms with Crippen LogP contribution in [0.4, 0.5) is 0 Å². The number of aryl methyl sites for hydroxylation is 1. The summed E-state index contributed by atoms with van der Waals surface area (Å²) in [4.78, 5) is 20.5. The summed E-state index contributed by atoms with van der Waals surface area (Å²) in [6, 6.07) is 11.5. The Hall–Kier alpha value is -3.41. The minimum Gasteiger partial charge on any atom is -0.294 e. The van der Waals surface area contributed by atoms with Gasteiger partial charge in [0, 0.05) is 45.3 Å². The number of sulfone groups is 1. The average Bonchev–Trinajstić information content (AvgIpc) is 3.31. The zero-order chi connectivity index (χ0) is 24.5. The fourth-order valence-corrected chi connectivity index (χ4v) is 5.68. The van der Waals surface area contributed by atoms with Crippen molar-refractivity contribution in [3.63, 3.8) is 0 Å². The van der Waals surface area contributed by atoms with Crippen LogP contribution in [0.1, 0.15) is 22.3 Å². The molecule has 0 aliphatic carbocycles. The van der Waals surface area contributed by atoms with E-state index in [-0.39, 0.29) is 26.9 Å². The van der Waals surface area contributed by atoms with Crippen LogP contribution in [-0.4, -0.2) is 55.4 Å². The smallest absolute Gasteiger partial charge is 0.242 e. The first-order valence-electron chi connectivity index (χ1n) is 10.3. The molecule has 2 heterocycles. The molecule has 0 saturated carbocycles. The van der Waals surface area contributed by atoms with Gasteiger partial charge in [0.15, 0.2) is 5.78 Å². The number of hydrogen-bond acceptors (Lipinski definition) is 7. The molecule has 9 nitrogen and oxygen atoms in total. The predicted octanol–water partition coefficient (Wildman–Crippen LogP) is 2.63. The predicted molar refractivity (Wildman–Crippen MR) is 125 cm³/mol. The molecule has 0 bridgehead atoms. The Morgan fingerprint density at radius 2 is 1.65 bits per heavy atom. The van der Waals surface area contributed by atoms with Crippen LogP contribution in [0.25, 0.3) is 5.78 Å². The second-order valence-corrected chi connectivity index (χ2v) is 11.9. The van der Waals surface area contributed by atoms with E-state index in [1.165, 1.54) is 50.6 Å². The van der Waals surface area contributed by atoms with Gasteiger partial charge in [0.25, 0.3) is 0 Å². The number of ketones is 1. The van der Waals surface area contributed by atoms with E-state index >= 15 is 0 Å². The van der Waals surface area contributed by atoms with E-state index in [1.807, 2.05) is 0 Å². The van der Waals surface area contributed by atoms with E-state index in [1.54, 1.807) is 35.1 Å². The summed E-state index contributed by atoms with van der Waals surface area (Å²) in [5.74, 6) is 0.428. The van der Waals surface area contributed by atoms with E-state index < -0.39 is 19.9 Å². The molecule has 2 aromatic heterocycles. The van der Waals surface area contributed by atoms with Gasteiger partial charge < -0.3 is 0 Å². The molecule has 2 aromatic carbocycles. The molecule has 0 aliphatic rings. The molecule has 4 aromatic rings. The Balaban J connectivity index is 1.49. The number of carbonyl (C=O) groups excluding carboxylic acids is 1. The topological polar surface area (TPSA) is 119 Å². The third kappa shape index (κ3) is 4.63. The summed E-state index contributed by atoms with van der Waals surface area (Å²) in [7, 11) is -4.93. The summed E-state index contributed by atoms with van der Waals surface area (Å²) in [5, 5.41) is 0. The molecule has 0 amide bonds. The van der Waals surface area contributed by atoms with Gasteiger partial charge in [0.2, 0.25) is 25.6 Å². The average molecular weight is 499 g/mol. The highest BCUT2D eigenvalue weighted by molar-refractivity contribution is 7.91. The molecule has 4 rings (SSSR count). The number of carbonyl (C=O) groups is 1. The molecule has 0 fully saturated rings. The van der Waals surface area contributed by atoms with Crippen molar-refractivity contribution in [2.24, 2.45) is 0 Å². The summed E-state index contributed by atoms with van der Waals surface area (Å²) < 4.78 is 53.5. The Bertz CT molecular complexity index is 1580. The lowest BCUT2D eigenvalue weighted by Crippen LogP contribution is -2.22. The third-order valence-corrected chi connectivity index (χ3v) is 8.91. The van der Waals surface area contributed by atoms with Crippen LogP contribution >= 0.6 is 0 Å². The maximum atomic E-state index is 13.1. The highest BCUT2D eigenvalue weighted by Gasteiger charge is 2.23. The molecular formula is C23H22N4O5S2. The molecule has 0 aliphatic heterocycles. The van der Waals surface area contributed by atoms with Gasteiger partial charge in [0.1, 0.15) is 0 Å². The Labute approximate surface area is 197 Å². The Morgan fingerprint density at radius 3 is 2.35 bits per heavy atom. The normalized spacial score (nSPS) is 12.3. The number of aromatic nitrogens is 3. The summed E-state index contributed by atoms with van der Waals surface area (Å²) in [5.41, 5.74) is 1.27. The zero-order valence-corrected chi connectivity index (χ0v) is 20.1. The van der Waals surface area contributed by atoms with Gasteiger partial charge in [-0.05, 0) is 42.3 Å². The first-order chi connectivity index (χ1) is 16.1. The van der Waals surface area contributed by atoms with Crippen LogP contribution in [0.15, 0.2) is 88.0 Å². The number of nitrogens with zero attached hydrogens (tertiary/aromatic N) is 4. The number of benzene rings is 2. The van der Waals surface area contributed by atoms with Crippen molar-refractivity contribution in [3.05, 3.63) is 84.4 Å². The standard InChI is InChI=1S/C23H22N4O5S2/c1-26(2)34(31,32)21-5-3-4-20(14-21)33(29,30)19-9-6-17(7-10-19)8-11-22(28)18-15-25-23-24-12-13-27(23)16-18/h3-7,9-10,12-16H,8,11H2,1-2H3. The number of hydrogen-bond donors (Lipinski definition) is 0. The van der Waals surface area contributed by atoms with Crippen molar-refractivity contribution in [1.29, 1.82) is 0 Å². The molecule has 0 saturated heterocycles. The highest BCUT2D eigenvalue weighted by Crippen LogP contribution is 2.25. The van der Waals surface area contributed by atoms with Crippen LogP contribution < -0.4 is 0 Å². The van der Waals surface area contributed by atoms with Crippen LogP contribution in [-0.2, 0) is 26.3 Å². The SMILES string of the molecule is CN(C)S(=O)(=O)c1cccc(S(=O)(=O)c2ccc(CCC(=O)c3cnc4nccn4c3)cc2)c1. The summed E-state index contributed by atoms with van der Waals surface area (Å²) >= 11 is 0. The van der Waals surface area contributed by atoms with Crippen molar-refractivity contribution in [2.45, 2.75) is 27.5 Å². The number of imidazole rings is 1. The van der Waals surface area contributed by atoms with Gasteiger partial charge in [-0.1, -0.05) is 18.2 Å². The number of sulfonamides is 1. The van der Waals surface area contributed by atoms with Gasteiger partial charge in [-0.2, -0.15) is 0 Å². The van der Waals surface area contributed by atoms with E-state index in [0.717, 1.165) is 15.9 Å². The molecule has 0 N–H and O–H groups in total. The lowest BCUT2D eigenvalue weighted by molar-refractivity contribution is 0.0982. The fourth-order valence-electron chi connectivity index (χ4n) is 3.35. The Morgan fingerprint density at radius 1 is 0.941 bits per heavy atom. The number of Topliss-reactive ketones (excluding diaryl/α,β-unsaturated/α-hetero) is 1. The summed E-state index contributed by atoms with van der Waals surface area (Å²) in [6.07, 6.45) is 7.15. The van der Waals surface area contributed by atoms with Crippen molar-refractivity contribution < 1.29 is 21.6 Å². The maximum Gasteiger partial charge on any atom is 0.242 e. The molecule has 0 unspecified atom stereocenters. The van der Waals surface area contributed by atoms with Crippen LogP contribution in [0.5, 0.6) is 0 Å². The molecular weight excluding hydrogens is 476 g/mol. The fraction of sp³-hybridized carbons (Fsp3) is 0.174. The van der Waals surface area contributed by atoms with Crippen LogP contribution in [0.3, 0.4) is 0 Å².